The molecule has 0 spiro atoms. The summed E-state index contributed by atoms with van der Waals surface area (Å²) in [5, 5.41) is 3.15. The van der Waals surface area contributed by atoms with Gasteiger partial charge < -0.3 is 14.8 Å². The van der Waals surface area contributed by atoms with Gasteiger partial charge in [0.1, 0.15) is 4.99 Å². The Hall–Kier alpha value is -1.08. The Morgan fingerprint density at radius 2 is 2.22 bits per heavy atom. The molecule has 0 amide bonds. The van der Waals surface area contributed by atoms with Crippen LogP contribution in [0.5, 0.6) is 0 Å². The Morgan fingerprint density at radius 3 is 2.83 bits per heavy atom. The first-order chi connectivity index (χ1) is 11.2. The van der Waals surface area contributed by atoms with Gasteiger partial charge in [-0.2, -0.15) is 0 Å². The summed E-state index contributed by atoms with van der Waals surface area (Å²) in [6.07, 6.45) is 4.31. The van der Waals surface area contributed by atoms with Crippen LogP contribution in [-0.2, 0) is 15.1 Å². The summed E-state index contributed by atoms with van der Waals surface area (Å²) in [5.41, 5.74) is 0.192. The third-order valence-electron chi connectivity index (χ3n) is 4.48. The molecule has 0 bridgehead atoms. The molecule has 23 heavy (non-hydrogen) atoms. The minimum absolute atomic E-state index is 0.669. The van der Waals surface area contributed by atoms with Gasteiger partial charge in [-0.3, -0.25) is 9.88 Å². The van der Waals surface area contributed by atoms with Crippen molar-refractivity contribution in [3.63, 3.8) is 0 Å². The highest BCUT2D eigenvalue weighted by Crippen LogP contribution is 2.34. The van der Waals surface area contributed by atoms with E-state index < -0.39 is 5.60 Å². The predicted octanol–water partition coefficient (Wildman–Crippen LogP) is 1.58. The van der Waals surface area contributed by atoms with Crippen molar-refractivity contribution in [2.45, 2.75) is 18.4 Å². The van der Waals surface area contributed by atoms with Gasteiger partial charge in [0.2, 0.25) is 0 Å². The Morgan fingerprint density at radius 1 is 1.43 bits per heavy atom. The van der Waals surface area contributed by atoms with Crippen molar-refractivity contribution in [3.8, 4) is 0 Å². The Balaban J connectivity index is 1.87. The van der Waals surface area contributed by atoms with Gasteiger partial charge in [-0.05, 0) is 30.9 Å². The second kappa shape index (κ2) is 7.66. The molecule has 1 N–H and O–H groups in total. The second-order valence-corrected chi connectivity index (χ2v) is 6.67. The van der Waals surface area contributed by atoms with Crippen LogP contribution in [-0.4, -0.2) is 61.4 Å². The van der Waals surface area contributed by atoms with Crippen LogP contribution in [0, 0.1) is 5.92 Å². The number of rotatable bonds is 7. The minimum Gasteiger partial charge on any atom is -0.380 e. The third kappa shape index (κ3) is 4.07. The number of aromatic nitrogens is 1. The highest BCUT2D eigenvalue weighted by atomic mass is 32.1. The monoisotopic (exact) mass is 335 g/mol. The zero-order valence-electron chi connectivity index (χ0n) is 13.7. The maximum atomic E-state index is 6.45. The molecule has 0 radical (unpaired) electrons. The van der Waals surface area contributed by atoms with Crippen LogP contribution in [0.15, 0.2) is 24.4 Å². The van der Waals surface area contributed by atoms with E-state index in [0.717, 1.165) is 38.6 Å². The lowest BCUT2D eigenvalue weighted by Crippen LogP contribution is -2.54. The van der Waals surface area contributed by atoms with E-state index >= 15 is 0 Å². The van der Waals surface area contributed by atoms with Crippen LogP contribution in [0.3, 0.4) is 0 Å². The SMILES string of the molecule is CNC(=S)C(CN1CCOCC1)(OCC1CC1)c1ccccn1. The molecule has 1 saturated carbocycles. The molecule has 5 nitrogen and oxygen atoms in total. The summed E-state index contributed by atoms with van der Waals surface area (Å²) in [4.78, 5) is 7.63. The minimum atomic E-state index is -0.689. The van der Waals surface area contributed by atoms with E-state index in [9.17, 15) is 0 Å². The lowest BCUT2D eigenvalue weighted by molar-refractivity contribution is -0.0499. The largest absolute Gasteiger partial charge is 0.380 e. The van der Waals surface area contributed by atoms with Crippen molar-refractivity contribution < 1.29 is 9.47 Å². The lowest BCUT2D eigenvalue weighted by atomic mass is 9.96. The summed E-state index contributed by atoms with van der Waals surface area (Å²) in [7, 11) is 1.86. The molecule has 3 rings (SSSR count). The first kappa shape index (κ1) is 16.8. The lowest BCUT2D eigenvalue weighted by Gasteiger charge is -2.39. The fourth-order valence-electron chi connectivity index (χ4n) is 2.88. The van der Waals surface area contributed by atoms with Gasteiger partial charge in [0.25, 0.3) is 0 Å². The van der Waals surface area contributed by atoms with Gasteiger partial charge >= 0.3 is 0 Å². The molecule has 2 aliphatic rings. The molecular weight excluding hydrogens is 310 g/mol. The first-order valence-corrected chi connectivity index (χ1v) is 8.73. The van der Waals surface area contributed by atoms with Crippen LogP contribution in [0.4, 0.5) is 0 Å². The maximum Gasteiger partial charge on any atom is 0.172 e. The zero-order valence-corrected chi connectivity index (χ0v) is 14.5. The van der Waals surface area contributed by atoms with Crippen LogP contribution in [0.1, 0.15) is 18.5 Å². The van der Waals surface area contributed by atoms with Gasteiger partial charge in [0.05, 0.1) is 25.5 Å². The molecule has 1 aromatic rings. The van der Waals surface area contributed by atoms with Crippen molar-refractivity contribution in [3.05, 3.63) is 30.1 Å². The Kier molecular flexibility index (Phi) is 5.58. The highest BCUT2D eigenvalue weighted by molar-refractivity contribution is 7.80. The van der Waals surface area contributed by atoms with E-state index in [2.05, 4.69) is 15.2 Å². The number of hydrogen-bond donors (Lipinski definition) is 1. The average molecular weight is 335 g/mol. The van der Waals surface area contributed by atoms with Crippen LogP contribution >= 0.6 is 12.2 Å². The van der Waals surface area contributed by atoms with E-state index in [1.54, 1.807) is 0 Å². The van der Waals surface area contributed by atoms with Crippen LogP contribution < -0.4 is 5.32 Å². The van der Waals surface area contributed by atoms with E-state index in [0.29, 0.717) is 17.5 Å². The van der Waals surface area contributed by atoms with E-state index in [-0.39, 0.29) is 0 Å². The van der Waals surface area contributed by atoms with Gasteiger partial charge in [0, 0.05) is 32.9 Å². The van der Waals surface area contributed by atoms with Crippen molar-refractivity contribution in [1.82, 2.24) is 15.2 Å². The first-order valence-electron chi connectivity index (χ1n) is 8.32. The molecule has 1 saturated heterocycles. The normalized spacial score (nSPS) is 21.6. The van der Waals surface area contributed by atoms with Gasteiger partial charge in [0.15, 0.2) is 5.60 Å². The van der Waals surface area contributed by atoms with Crippen molar-refractivity contribution in [2.75, 3.05) is 46.5 Å². The highest BCUT2D eigenvalue weighted by Gasteiger charge is 2.42. The molecule has 6 heteroatoms. The number of nitrogens with one attached hydrogen (secondary N) is 1. The molecule has 2 heterocycles. The quantitative estimate of drug-likeness (QED) is 0.764. The average Bonchev–Trinajstić information content (AvgIpc) is 3.44. The maximum absolute atomic E-state index is 6.45. The molecule has 1 unspecified atom stereocenters. The fraction of sp³-hybridized carbons (Fsp3) is 0.647. The predicted molar refractivity (Wildman–Crippen MR) is 93.5 cm³/mol. The molecule has 0 aromatic carbocycles. The summed E-state index contributed by atoms with van der Waals surface area (Å²) in [6, 6.07) is 5.93. The molecule has 1 aliphatic heterocycles. The standard InChI is InChI=1S/C17H25N3O2S/c1-18-16(23)17(22-12-14-5-6-14,15-4-2-3-7-19-15)13-20-8-10-21-11-9-20/h2-4,7,14H,5-6,8-13H2,1H3,(H,18,23). The molecule has 126 valence electrons. The Labute approximate surface area is 143 Å². The third-order valence-corrected chi connectivity index (χ3v) is 5.02. The van der Waals surface area contributed by atoms with Crippen LogP contribution in [0.25, 0.3) is 0 Å². The summed E-state index contributed by atoms with van der Waals surface area (Å²) >= 11 is 5.68. The van der Waals surface area contributed by atoms with Crippen molar-refractivity contribution >= 4 is 17.2 Å². The van der Waals surface area contributed by atoms with Crippen LogP contribution in [0.2, 0.25) is 0 Å². The number of hydrogen-bond acceptors (Lipinski definition) is 5. The second-order valence-electron chi connectivity index (χ2n) is 6.26. The number of ether oxygens (including phenoxy) is 2. The number of nitrogens with zero attached hydrogens (tertiary/aromatic N) is 2. The molecular formula is C17H25N3O2S. The van der Waals surface area contributed by atoms with Crippen molar-refractivity contribution in [2.24, 2.45) is 5.92 Å². The summed E-state index contributed by atoms with van der Waals surface area (Å²) in [5.74, 6) is 0.669. The zero-order chi connectivity index (χ0) is 16.1. The molecule has 1 aliphatic carbocycles. The van der Waals surface area contributed by atoms with E-state index in [4.69, 9.17) is 21.7 Å². The molecule has 1 atom stereocenters. The van der Waals surface area contributed by atoms with E-state index in [1.807, 2.05) is 31.4 Å². The smallest absolute Gasteiger partial charge is 0.172 e. The number of pyridine rings is 1. The Bertz CT molecular complexity index is 518. The summed E-state index contributed by atoms with van der Waals surface area (Å²) < 4.78 is 11.9. The number of likely N-dealkylation sites (N-methyl/N-ethyl adjacent to an activating group) is 1. The fourth-order valence-corrected chi connectivity index (χ4v) is 3.10. The molecule has 1 aromatic heterocycles. The number of thiocarbonyl (C=S) groups is 1. The molecule has 2 fully saturated rings. The van der Waals surface area contributed by atoms with E-state index in [1.165, 1.54) is 12.8 Å². The van der Waals surface area contributed by atoms with Gasteiger partial charge in [-0.1, -0.05) is 18.3 Å². The topological polar surface area (TPSA) is 46.6 Å². The van der Waals surface area contributed by atoms with Gasteiger partial charge in [-0.25, -0.2) is 0 Å². The van der Waals surface area contributed by atoms with Crippen molar-refractivity contribution in [1.29, 1.82) is 0 Å². The summed E-state index contributed by atoms with van der Waals surface area (Å²) in [6.45, 7) is 4.75. The number of morpholine rings is 1. The van der Waals surface area contributed by atoms with Gasteiger partial charge in [-0.15, -0.1) is 0 Å².